The molecule has 0 aliphatic carbocycles. The van der Waals surface area contributed by atoms with Crippen molar-refractivity contribution in [3.05, 3.63) is 17.7 Å². The van der Waals surface area contributed by atoms with Crippen LogP contribution < -0.4 is 4.74 Å². The Bertz CT molecular complexity index is 428. The number of phenolic OH excluding ortho intramolecular Hbond substituents is 2. The topological polar surface area (TPSA) is 49.7 Å². The van der Waals surface area contributed by atoms with Crippen molar-refractivity contribution in [3.8, 4) is 17.2 Å². The van der Waals surface area contributed by atoms with Crippen molar-refractivity contribution in [2.45, 2.75) is 46.5 Å². The molecule has 0 saturated carbocycles. The van der Waals surface area contributed by atoms with Crippen LogP contribution in [0, 0.1) is 5.41 Å². The molecule has 0 aliphatic rings. The van der Waals surface area contributed by atoms with E-state index in [1.165, 1.54) is 13.2 Å². The molecular weight excluding hydrogens is 228 g/mol. The maximum Gasteiger partial charge on any atom is 0.164 e. The zero-order chi connectivity index (χ0) is 14.1. The zero-order valence-electron chi connectivity index (χ0n) is 12.2. The van der Waals surface area contributed by atoms with Gasteiger partial charge in [-0.2, -0.15) is 0 Å². The molecule has 1 rings (SSSR count). The van der Waals surface area contributed by atoms with Crippen molar-refractivity contribution >= 4 is 0 Å². The van der Waals surface area contributed by atoms with Gasteiger partial charge >= 0.3 is 0 Å². The normalized spacial score (nSPS) is 12.6. The molecule has 2 N–H and O–H groups in total. The highest BCUT2D eigenvalue weighted by molar-refractivity contribution is 5.51. The van der Waals surface area contributed by atoms with E-state index < -0.39 is 0 Å². The number of methoxy groups -OCH3 is 1. The molecule has 1 aromatic carbocycles. The molecule has 0 saturated heterocycles. The molecule has 0 radical (unpaired) electrons. The van der Waals surface area contributed by atoms with Gasteiger partial charge in [-0.3, -0.25) is 0 Å². The highest BCUT2D eigenvalue weighted by Crippen LogP contribution is 2.43. The summed E-state index contributed by atoms with van der Waals surface area (Å²) in [5.41, 5.74) is 0.674. The van der Waals surface area contributed by atoms with E-state index in [2.05, 4.69) is 34.6 Å². The maximum atomic E-state index is 10.1. The molecule has 102 valence electrons. The van der Waals surface area contributed by atoms with E-state index >= 15 is 0 Å². The molecule has 0 unspecified atom stereocenters. The third kappa shape index (κ3) is 3.31. The van der Waals surface area contributed by atoms with Gasteiger partial charge in [0.15, 0.2) is 11.5 Å². The molecule has 0 fully saturated rings. The van der Waals surface area contributed by atoms with Crippen LogP contribution >= 0.6 is 0 Å². The molecule has 3 nitrogen and oxygen atoms in total. The summed E-state index contributed by atoms with van der Waals surface area (Å²) in [7, 11) is 1.47. The fourth-order valence-electron chi connectivity index (χ4n) is 2.68. The molecule has 0 aromatic heterocycles. The van der Waals surface area contributed by atoms with Crippen LogP contribution in [0.4, 0.5) is 0 Å². The quantitative estimate of drug-likeness (QED) is 0.804. The van der Waals surface area contributed by atoms with E-state index in [-0.39, 0.29) is 22.3 Å². The van der Waals surface area contributed by atoms with E-state index in [9.17, 15) is 10.2 Å². The number of benzene rings is 1. The predicted octanol–water partition coefficient (Wildman–Crippen LogP) is 3.82. The number of phenols is 2. The lowest BCUT2D eigenvalue weighted by Crippen LogP contribution is -2.24. The minimum atomic E-state index is -0.216. The summed E-state index contributed by atoms with van der Waals surface area (Å²) in [6, 6.07) is 3.06. The average Bonchev–Trinajstić information content (AvgIpc) is 2.17. The Morgan fingerprint density at radius 3 is 2.00 bits per heavy atom. The molecule has 0 atom stereocenters. The van der Waals surface area contributed by atoms with Crippen LogP contribution in [0.3, 0.4) is 0 Å². The number of rotatable bonds is 3. The average molecular weight is 252 g/mol. The Kier molecular flexibility index (Phi) is 3.84. The van der Waals surface area contributed by atoms with Gasteiger partial charge in [0.25, 0.3) is 0 Å². The standard InChI is InChI=1S/C15H24O3/c1-14(2,3)9-15(4,5)10-7-12(17)13(18-6)8-11(10)16/h7-8,16-17H,9H2,1-6H3. The lowest BCUT2D eigenvalue weighted by atomic mass is 9.72. The Balaban J connectivity index is 3.20. The molecule has 0 heterocycles. The van der Waals surface area contributed by atoms with Gasteiger partial charge in [-0.15, -0.1) is 0 Å². The lowest BCUT2D eigenvalue weighted by molar-refractivity contribution is 0.276. The fourth-order valence-corrected chi connectivity index (χ4v) is 2.68. The second kappa shape index (κ2) is 4.71. The molecular formula is C15H24O3. The molecule has 18 heavy (non-hydrogen) atoms. The Morgan fingerprint density at radius 1 is 1.00 bits per heavy atom. The number of hydrogen-bond donors (Lipinski definition) is 2. The Morgan fingerprint density at radius 2 is 1.56 bits per heavy atom. The van der Waals surface area contributed by atoms with Gasteiger partial charge in [0.05, 0.1) is 7.11 Å². The summed E-state index contributed by atoms with van der Waals surface area (Å²) in [5, 5.41) is 19.9. The Hall–Kier alpha value is -1.38. The molecule has 0 spiro atoms. The number of ether oxygens (including phenoxy) is 1. The van der Waals surface area contributed by atoms with Crippen LogP contribution in [-0.4, -0.2) is 17.3 Å². The van der Waals surface area contributed by atoms with Crippen LogP contribution in [0.15, 0.2) is 12.1 Å². The highest BCUT2D eigenvalue weighted by Gasteiger charge is 2.30. The first-order chi connectivity index (χ1) is 8.07. The summed E-state index contributed by atoms with van der Waals surface area (Å²) in [6.45, 7) is 10.6. The van der Waals surface area contributed by atoms with Crippen molar-refractivity contribution in [1.82, 2.24) is 0 Å². The van der Waals surface area contributed by atoms with Crippen molar-refractivity contribution in [2.75, 3.05) is 7.11 Å². The third-order valence-electron chi connectivity index (χ3n) is 3.00. The third-order valence-corrected chi connectivity index (χ3v) is 3.00. The van der Waals surface area contributed by atoms with Gasteiger partial charge in [-0.25, -0.2) is 0 Å². The lowest BCUT2D eigenvalue weighted by Gasteiger charge is -2.33. The largest absolute Gasteiger partial charge is 0.508 e. The van der Waals surface area contributed by atoms with Crippen molar-refractivity contribution in [2.24, 2.45) is 5.41 Å². The van der Waals surface area contributed by atoms with E-state index in [1.807, 2.05) is 0 Å². The first-order valence-electron chi connectivity index (χ1n) is 6.17. The fraction of sp³-hybridized carbons (Fsp3) is 0.600. The Labute approximate surface area is 109 Å². The smallest absolute Gasteiger partial charge is 0.164 e. The molecule has 0 bridgehead atoms. The maximum absolute atomic E-state index is 10.1. The molecule has 0 aliphatic heterocycles. The second-order valence-corrected chi connectivity index (χ2v) is 6.66. The van der Waals surface area contributed by atoms with Gasteiger partial charge < -0.3 is 14.9 Å². The molecule has 3 heteroatoms. The highest BCUT2D eigenvalue weighted by atomic mass is 16.5. The first kappa shape index (κ1) is 14.7. The van der Waals surface area contributed by atoms with E-state index in [0.717, 1.165) is 12.0 Å². The van der Waals surface area contributed by atoms with Crippen molar-refractivity contribution in [1.29, 1.82) is 0 Å². The predicted molar refractivity (Wildman–Crippen MR) is 73.4 cm³/mol. The summed E-state index contributed by atoms with van der Waals surface area (Å²) in [6.07, 6.45) is 0.902. The van der Waals surface area contributed by atoms with Crippen molar-refractivity contribution in [3.63, 3.8) is 0 Å². The van der Waals surface area contributed by atoms with Crippen LogP contribution in [-0.2, 0) is 5.41 Å². The summed E-state index contributed by atoms with van der Waals surface area (Å²) in [5.74, 6) is 0.522. The monoisotopic (exact) mass is 252 g/mol. The van der Waals surface area contributed by atoms with Crippen LogP contribution in [0.25, 0.3) is 0 Å². The number of hydrogen-bond acceptors (Lipinski definition) is 3. The van der Waals surface area contributed by atoms with E-state index in [4.69, 9.17) is 4.74 Å². The van der Waals surface area contributed by atoms with Crippen LogP contribution in [0.1, 0.15) is 46.6 Å². The second-order valence-electron chi connectivity index (χ2n) is 6.66. The summed E-state index contributed by atoms with van der Waals surface area (Å²) in [4.78, 5) is 0. The van der Waals surface area contributed by atoms with Gasteiger partial charge in [0.2, 0.25) is 0 Å². The van der Waals surface area contributed by atoms with E-state index in [0.29, 0.717) is 5.75 Å². The van der Waals surface area contributed by atoms with Gasteiger partial charge in [0, 0.05) is 11.6 Å². The minimum Gasteiger partial charge on any atom is -0.508 e. The van der Waals surface area contributed by atoms with Gasteiger partial charge in [-0.1, -0.05) is 34.6 Å². The summed E-state index contributed by atoms with van der Waals surface area (Å²) >= 11 is 0. The zero-order valence-corrected chi connectivity index (χ0v) is 12.2. The molecule has 0 amide bonds. The van der Waals surface area contributed by atoms with Crippen LogP contribution in [0.2, 0.25) is 0 Å². The first-order valence-corrected chi connectivity index (χ1v) is 6.17. The molecule has 1 aromatic rings. The van der Waals surface area contributed by atoms with Gasteiger partial charge in [0.1, 0.15) is 5.75 Å². The minimum absolute atomic E-state index is 0.0623. The summed E-state index contributed by atoms with van der Waals surface area (Å²) < 4.78 is 4.98. The van der Waals surface area contributed by atoms with E-state index in [1.54, 1.807) is 6.07 Å². The van der Waals surface area contributed by atoms with Crippen molar-refractivity contribution < 1.29 is 14.9 Å². The number of aromatic hydroxyl groups is 2. The van der Waals surface area contributed by atoms with Gasteiger partial charge in [-0.05, 0) is 23.3 Å². The van der Waals surface area contributed by atoms with Crippen LogP contribution in [0.5, 0.6) is 17.2 Å². The SMILES string of the molecule is COc1cc(O)c(C(C)(C)CC(C)(C)C)cc1O.